The summed E-state index contributed by atoms with van der Waals surface area (Å²) >= 11 is 0. The van der Waals surface area contributed by atoms with Crippen LogP contribution in [-0.4, -0.2) is 57.7 Å². The summed E-state index contributed by atoms with van der Waals surface area (Å²) in [7, 11) is 0. The van der Waals surface area contributed by atoms with Crippen molar-refractivity contribution in [1.29, 1.82) is 0 Å². The molecule has 1 heterocycles. The monoisotopic (exact) mass is 203 g/mol. The van der Waals surface area contributed by atoms with E-state index >= 15 is 0 Å². The van der Waals surface area contributed by atoms with Crippen LogP contribution in [0.2, 0.25) is 0 Å². The van der Waals surface area contributed by atoms with Crippen molar-refractivity contribution < 1.29 is 15.3 Å². The molecule has 1 fully saturated rings. The lowest BCUT2D eigenvalue weighted by molar-refractivity contribution is -0.0162. The van der Waals surface area contributed by atoms with Gasteiger partial charge >= 0.3 is 0 Å². The quantitative estimate of drug-likeness (QED) is 0.575. The third-order valence-electron chi connectivity index (χ3n) is 3.12. The summed E-state index contributed by atoms with van der Waals surface area (Å²) in [5.41, 5.74) is -0.760. The van der Waals surface area contributed by atoms with Crippen molar-refractivity contribution in [3.05, 3.63) is 0 Å². The van der Waals surface area contributed by atoms with Crippen molar-refractivity contribution in [3.8, 4) is 0 Å². The van der Waals surface area contributed by atoms with E-state index < -0.39 is 17.8 Å². The molecule has 1 aliphatic heterocycles. The normalized spacial score (nSPS) is 33.6. The van der Waals surface area contributed by atoms with Crippen molar-refractivity contribution in [1.82, 2.24) is 4.90 Å². The minimum absolute atomic E-state index is 0.164. The second kappa shape index (κ2) is 4.14. The highest BCUT2D eigenvalue weighted by Gasteiger charge is 2.35. The molecule has 3 unspecified atom stereocenters. The molecular weight excluding hydrogens is 182 g/mol. The van der Waals surface area contributed by atoms with Crippen molar-refractivity contribution in [3.63, 3.8) is 0 Å². The molecule has 14 heavy (non-hydrogen) atoms. The van der Waals surface area contributed by atoms with Crippen LogP contribution in [0.5, 0.6) is 0 Å². The van der Waals surface area contributed by atoms with Crippen LogP contribution in [0, 0.1) is 5.92 Å². The molecule has 0 bridgehead atoms. The van der Waals surface area contributed by atoms with Gasteiger partial charge in [-0.1, -0.05) is 13.8 Å². The lowest BCUT2D eigenvalue weighted by atomic mass is 9.92. The Bertz CT molecular complexity index is 184. The van der Waals surface area contributed by atoms with Gasteiger partial charge in [-0.05, 0) is 12.8 Å². The third-order valence-corrected chi connectivity index (χ3v) is 3.12. The molecule has 0 aliphatic carbocycles. The van der Waals surface area contributed by atoms with Gasteiger partial charge in [-0.3, -0.25) is 4.90 Å². The average Bonchev–Trinajstić information content (AvgIpc) is 2.29. The number of β-amino-alcohol motifs (C(OH)–C–C–N with tert-alkyl or cyclic N) is 3. The fraction of sp³-hybridized carbons (Fsp3) is 1.00. The molecule has 4 heteroatoms. The Morgan fingerprint density at radius 2 is 1.71 bits per heavy atom. The molecule has 3 N–H and O–H groups in total. The van der Waals surface area contributed by atoms with Crippen LogP contribution in [0.3, 0.4) is 0 Å². The van der Waals surface area contributed by atoms with Gasteiger partial charge < -0.3 is 15.3 Å². The molecule has 3 atom stereocenters. The molecule has 1 rings (SSSR count). The van der Waals surface area contributed by atoms with Crippen LogP contribution < -0.4 is 0 Å². The van der Waals surface area contributed by atoms with E-state index in [4.69, 9.17) is 0 Å². The van der Waals surface area contributed by atoms with E-state index in [1.54, 1.807) is 6.92 Å². The number of aliphatic hydroxyl groups is 3. The molecule has 0 radical (unpaired) electrons. The van der Waals surface area contributed by atoms with Gasteiger partial charge in [-0.25, -0.2) is 0 Å². The largest absolute Gasteiger partial charge is 0.389 e. The lowest BCUT2D eigenvalue weighted by Crippen LogP contribution is -2.44. The summed E-state index contributed by atoms with van der Waals surface area (Å²) in [5, 5.41) is 28.7. The van der Waals surface area contributed by atoms with Gasteiger partial charge in [0.1, 0.15) is 0 Å². The lowest BCUT2D eigenvalue weighted by Gasteiger charge is -2.32. The number of hydrogen-bond acceptors (Lipinski definition) is 4. The standard InChI is InChI=1S/C10H21NO3/c1-7(2)10(3,14)6-11-4-8(12)9(13)5-11/h7-9,12-14H,4-6H2,1-3H3. The summed E-state index contributed by atoms with van der Waals surface area (Å²) in [6, 6.07) is 0. The maximum absolute atomic E-state index is 10.0. The van der Waals surface area contributed by atoms with E-state index in [1.807, 2.05) is 18.7 Å². The van der Waals surface area contributed by atoms with Crippen LogP contribution >= 0.6 is 0 Å². The second-order valence-electron chi connectivity index (χ2n) is 4.84. The molecule has 0 saturated carbocycles. The summed E-state index contributed by atoms with van der Waals surface area (Å²) in [5.74, 6) is 0.164. The van der Waals surface area contributed by atoms with E-state index in [1.165, 1.54) is 0 Å². The number of hydrogen-bond donors (Lipinski definition) is 3. The van der Waals surface area contributed by atoms with E-state index in [2.05, 4.69) is 0 Å². The maximum Gasteiger partial charge on any atom is 0.0938 e. The van der Waals surface area contributed by atoms with E-state index in [9.17, 15) is 15.3 Å². The van der Waals surface area contributed by atoms with Gasteiger partial charge in [0, 0.05) is 19.6 Å². The molecule has 1 saturated heterocycles. The third kappa shape index (κ3) is 2.67. The number of nitrogens with zero attached hydrogens (tertiary/aromatic N) is 1. The van der Waals surface area contributed by atoms with Gasteiger partial charge in [0.15, 0.2) is 0 Å². The predicted octanol–water partition coefficient (Wildman–Crippen LogP) is -0.569. The van der Waals surface area contributed by atoms with Crippen molar-refractivity contribution >= 4 is 0 Å². The van der Waals surface area contributed by atoms with Crippen LogP contribution in [0.1, 0.15) is 20.8 Å². The Morgan fingerprint density at radius 1 is 1.29 bits per heavy atom. The average molecular weight is 203 g/mol. The van der Waals surface area contributed by atoms with Crippen LogP contribution in [0.25, 0.3) is 0 Å². The van der Waals surface area contributed by atoms with E-state index in [0.717, 1.165) is 0 Å². The second-order valence-corrected chi connectivity index (χ2v) is 4.84. The first-order valence-corrected chi connectivity index (χ1v) is 5.14. The van der Waals surface area contributed by atoms with Crippen LogP contribution in [0.4, 0.5) is 0 Å². The van der Waals surface area contributed by atoms with E-state index in [-0.39, 0.29) is 5.92 Å². The Hall–Kier alpha value is -0.160. The first-order chi connectivity index (χ1) is 6.33. The number of rotatable bonds is 3. The van der Waals surface area contributed by atoms with Crippen molar-refractivity contribution in [2.45, 2.75) is 38.6 Å². The molecule has 0 amide bonds. The van der Waals surface area contributed by atoms with Crippen molar-refractivity contribution in [2.75, 3.05) is 19.6 Å². The predicted molar refractivity (Wildman–Crippen MR) is 53.9 cm³/mol. The molecule has 0 aromatic heterocycles. The first kappa shape index (κ1) is 11.9. The van der Waals surface area contributed by atoms with Gasteiger partial charge in [-0.2, -0.15) is 0 Å². The molecule has 4 nitrogen and oxygen atoms in total. The van der Waals surface area contributed by atoms with Crippen molar-refractivity contribution in [2.24, 2.45) is 5.92 Å². The van der Waals surface area contributed by atoms with Crippen LogP contribution in [-0.2, 0) is 0 Å². The Balaban J connectivity index is 2.46. The van der Waals surface area contributed by atoms with Gasteiger partial charge in [0.2, 0.25) is 0 Å². The summed E-state index contributed by atoms with van der Waals surface area (Å²) in [6.45, 7) is 7.10. The molecular formula is C10H21NO3. The molecule has 84 valence electrons. The Kier molecular flexibility index (Phi) is 3.53. The van der Waals surface area contributed by atoms with Crippen LogP contribution in [0.15, 0.2) is 0 Å². The van der Waals surface area contributed by atoms with Gasteiger partial charge in [-0.15, -0.1) is 0 Å². The Morgan fingerprint density at radius 3 is 2.07 bits per heavy atom. The zero-order valence-electron chi connectivity index (χ0n) is 9.14. The highest BCUT2D eigenvalue weighted by Crippen LogP contribution is 2.20. The molecule has 0 spiro atoms. The number of aliphatic hydroxyl groups excluding tert-OH is 2. The highest BCUT2D eigenvalue weighted by molar-refractivity contribution is 4.88. The minimum Gasteiger partial charge on any atom is -0.389 e. The minimum atomic E-state index is -0.760. The zero-order chi connectivity index (χ0) is 10.9. The zero-order valence-corrected chi connectivity index (χ0v) is 9.14. The molecule has 1 aliphatic rings. The fourth-order valence-corrected chi connectivity index (χ4v) is 1.61. The molecule has 0 aromatic carbocycles. The van der Waals surface area contributed by atoms with Gasteiger partial charge in [0.05, 0.1) is 17.8 Å². The first-order valence-electron chi connectivity index (χ1n) is 5.14. The highest BCUT2D eigenvalue weighted by atomic mass is 16.3. The number of likely N-dealkylation sites (tertiary alicyclic amines) is 1. The topological polar surface area (TPSA) is 63.9 Å². The summed E-state index contributed by atoms with van der Waals surface area (Å²) < 4.78 is 0. The fourth-order valence-electron chi connectivity index (χ4n) is 1.61. The SMILES string of the molecule is CC(C)C(C)(O)CN1CC(O)C(O)C1. The Labute approximate surface area is 85.2 Å². The van der Waals surface area contributed by atoms with Gasteiger partial charge in [0.25, 0.3) is 0 Å². The smallest absolute Gasteiger partial charge is 0.0938 e. The summed E-state index contributed by atoms with van der Waals surface area (Å²) in [4.78, 5) is 1.90. The van der Waals surface area contributed by atoms with E-state index in [0.29, 0.717) is 19.6 Å². The maximum atomic E-state index is 10.0. The summed E-state index contributed by atoms with van der Waals surface area (Å²) in [6.07, 6.45) is -1.34. The molecule has 0 aromatic rings.